The van der Waals surface area contributed by atoms with Crippen molar-refractivity contribution < 1.29 is 9.50 Å². The smallest absolute Gasteiger partial charge is 0.124 e. The van der Waals surface area contributed by atoms with E-state index in [9.17, 15) is 9.50 Å². The second-order valence-corrected chi connectivity index (χ2v) is 6.07. The number of hydrogen-bond acceptors (Lipinski definition) is 1. The number of hydrogen-bond donors (Lipinski definition) is 1. The summed E-state index contributed by atoms with van der Waals surface area (Å²) in [4.78, 5) is 0. The predicted molar refractivity (Wildman–Crippen MR) is 72.4 cm³/mol. The Morgan fingerprint density at radius 1 is 1.24 bits per heavy atom. The molecular weight excluding hydrogens is 283 g/mol. The van der Waals surface area contributed by atoms with E-state index in [0.29, 0.717) is 12.3 Å². The van der Waals surface area contributed by atoms with Crippen LogP contribution in [0.2, 0.25) is 0 Å². The van der Waals surface area contributed by atoms with Crippen molar-refractivity contribution in [2.24, 2.45) is 11.8 Å². The summed E-state index contributed by atoms with van der Waals surface area (Å²) in [7, 11) is 0. The van der Waals surface area contributed by atoms with E-state index in [1.807, 2.05) is 13.0 Å². The van der Waals surface area contributed by atoms with Crippen molar-refractivity contribution in [2.75, 3.05) is 0 Å². The molecule has 0 aromatic heterocycles. The zero-order chi connectivity index (χ0) is 13.0. The molecule has 0 spiro atoms. The summed E-state index contributed by atoms with van der Waals surface area (Å²) >= 11 is 3.26. The van der Waals surface area contributed by atoms with E-state index in [2.05, 4.69) is 29.8 Å². The highest BCUT2D eigenvalue weighted by atomic mass is 79.9. The summed E-state index contributed by atoms with van der Waals surface area (Å²) in [5.41, 5.74) is 0.833. The van der Waals surface area contributed by atoms with Crippen LogP contribution in [0.5, 0.6) is 0 Å². The van der Waals surface area contributed by atoms with Gasteiger partial charge in [0.25, 0.3) is 0 Å². The van der Waals surface area contributed by atoms with E-state index >= 15 is 0 Å². The molecule has 1 rings (SSSR count). The van der Waals surface area contributed by atoms with Gasteiger partial charge >= 0.3 is 0 Å². The molecule has 0 bridgehead atoms. The van der Waals surface area contributed by atoms with Gasteiger partial charge in [0, 0.05) is 4.47 Å². The molecule has 17 heavy (non-hydrogen) atoms. The first kappa shape index (κ1) is 14.7. The largest absolute Gasteiger partial charge is 0.393 e. The summed E-state index contributed by atoms with van der Waals surface area (Å²) in [6, 6.07) is 4.76. The Morgan fingerprint density at radius 3 is 2.41 bits per heavy atom. The average Bonchev–Trinajstić information content (AvgIpc) is 2.14. The number of benzene rings is 1. The average molecular weight is 303 g/mol. The molecule has 0 saturated heterocycles. The lowest BCUT2D eigenvalue weighted by atomic mass is 9.90. The van der Waals surface area contributed by atoms with E-state index in [1.54, 1.807) is 0 Å². The molecule has 1 aromatic carbocycles. The Bertz CT molecular complexity index is 345. The van der Waals surface area contributed by atoms with Gasteiger partial charge in [-0.1, -0.05) is 36.7 Å². The van der Waals surface area contributed by atoms with Gasteiger partial charge in [0.05, 0.1) is 6.10 Å². The van der Waals surface area contributed by atoms with E-state index in [4.69, 9.17) is 0 Å². The molecule has 0 aliphatic heterocycles. The number of rotatable bonds is 5. The van der Waals surface area contributed by atoms with Gasteiger partial charge in [0.15, 0.2) is 0 Å². The Morgan fingerprint density at radius 2 is 1.88 bits per heavy atom. The molecule has 0 fully saturated rings. The minimum Gasteiger partial charge on any atom is -0.393 e. The lowest BCUT2D eigenvalue weighted by molar-refractivity contribution is 0.105. The fraction of sp³-hybridized carbons (Fsp3) is 0.571. The quantitative estimate of drug-likeness (QED) is 0.865. The molecule has 0 aliphatic carbocycles. The van der Waals surface area contributed by atoms with Crippen LogP contribution in [0.25, 0.3) is 0 Å². The molecule has 1 nitrogen and oxygen atoms in total. The lowest BCUT2D eigenvalue weighted by Gasteiger charge is -2.20. The zero-order valence-electron chi connectivity index (χ0n) is 10.6. The van der Waals surface area contributed by atoms with Crippen molar-refractivity contribution in [1.82, 2.24) is 0 Å². The van der Waals surface area contributed by atoms with Gasteiger partial charge in [-0.2, -0.15) is 0 Å². The third-order valence-corrected chi connectivity index (χ3v) is 3.33. The summed E-state index contributed by atoms with van der Waals surface area (Å²) in [6.07, 6.45) is 1.08. The van der Waals surface area contributed by atoms with E-state index < -0.39 is 6.10 Å². The van der Waals surface area contributed by atoms with Crippen LogP contribution in [-0.4, -0.2) is 11.2 Å². The minimum absolute atomic E-state index is 0.233. The fourth-order valence-electron chi connectivity index (χ4n) is 2.07. The van der Waals surface area contributed by atoms with Crippen LogP contribution < -0.4 is 0 Å². The molecule has 2 atom stereocenters. The van der Waals surface area contributed by atoms with Gasteiger partial charge in [-0.15, -0.1) is 0 Å². The van der Waals surface area contributed by atoms with Crippen LogP contribution in [0, 0.1) is 17.7 Å². The molecular formula is C14H20BrFO. The topological polar surface area (TPSA) is 20.2 Å². The van der Waals surface area contributed by atoms with E-state index in [1.165, 1.54) is 12.1 Å². The first-order chi connectivity index (χ1) is 7.88. The van der Waals surface area contributed by atoms with E-state index in [-0.39, 0.29) is 11.7 Å². The number of aliphatic hydroxyl groups is 1. The molecule has 0 aliphatic rings. The Balaban J connectivity index is 2.63. The zero-order valence-corrected chi connectivity index (χ0v) is 12.2. The summed E-state index contributed by atoms with van der Waals surface area (Å²) in [5.74, 6) is 0.536. The van der Waals surface area contributed by atoms with Crippen LogP contribution in [0.1, 0.15) is 32.8 Å². The third-order valence-electron chi connectivity index (χ3n) is 2.87. The highest BCUT2D eigenvalue weighted by Crippen LogP contribution is 2.21. The van der Waals surface area contributed by atoms with Crippen molar-refractivity contribution >= 4 is 15.9 Å². The van der Waals surface area contributed by atoms with Crippen LogP contribution in [0.4, 0.5) is 4.39 Å². The minimum atomic E-state index is -0.411. The van der Waals surface area contributed by atoms with Crippen LogP contribution >= 0.6 is 15.9 Å². The van der Waals surface area contributed by atoms with Gasteiger partial charge in [-0.3, -0.25) is 0 Å². The lowest BCUT2D eigenvalue weighted by Crippen LogP contribution is -2.21. The molecule has 3 heteroatoms. The molecule has 0 radical (unpaired) electrons. The standard InChI is InChI=1S/C14H20BrFO/c1-9(2)4-10(3)14(17)7-11-5-12(15)8-13(16)6-11/h5-6,8-10,14,17H,4,7H2,1-3H3. The molecule has 0 heterocycles. The molecule has 2 unspecified atom stereocenters. The Kier molecular flexibility index (Phi) is 5.60. The Labute approximate surface area is 111 Å². The monoisotopic (exact) mass is 302 g/mol. The van der Waals surface area contributed by atoms with Crippen LogP contribution in [0.15, 0.2) is 22.7 Å². The van der Waals surface area contributed by atoms with Crippen molar-refractivity contribution in [3.63, 3.8) is 0 Å². The highest BCUT2D eigenvalue weighted by molar-refractivity contribution is 9.10. The summed E-state index contributed by atoms with van der Waals surface area (Å²) in [5, 5.41) is 10.1. The maximum atomic E-state index is 13.2. The highest BCUT2D eigenvalue weighted by Gasteiger charge is 2.16. The molecule has 1 N–H and O–H groups in total. The molecule has 0 saturated carbocycles. The number of halogens is 2. The second kappa shape index (κ2) is 6.50. The maximum absolute atomic E-state index is 13.2. The second-order valence-electron chi connectivity index (χ2n) is 5.16. The van der Waals surface area contributed by atoms with Crippen LogP contribution in [0.3, 0.4) is 0 Å². The van der Waals surface area contributed by atoms with Crippen molar-refractivity contribution in [3.05, 3.63) is 34.1 Å². The SMILES string of the molecule is CC(C)CC(C)C(O)Cc1cc(F)cc(Br)c1. The Hall–Kier alpha value is -0.410. The van der Waals surface area contributed by atoms with Crippen molar-refractivity contribution in [3.8, 4) is 0 Å². The molecule has 0 amide bonds. The van der Waals surface area contributed by atoms with E-state index in [0.717, 1.165) is 16.5 Å². The molecule has 96 valence electrons. The third kappa shape index (κ3) is 5.17. The normalized spacial score (nSPS) is 15.0. The number of aliphatic hydroxyl groups excluding tert-OH is 1. The summed E-state index contributed by atoms with van der Waals surface area (Å²) in [6.45, 7) is 6.32. The van der Waals surface area contributed by atoms with Crippen molar-refractivity contribution in [1.29, 1.82) is 0 Å². The first-order valence-electron chi connectivity index (χ1n) is 6.01. The van der Waals surface area contributed by atoms with Gasteiger partial charge in [-0.25, -0.2) is 4.39 Å². The fourth-order valence-corrected chi connectivity index (χ4v) is 2.58. The van der Waals surface area contributed by atoms with Crippen LogP contribution in [-0.2, 0) is 6.42 Å². The van der Waals surface area contributed by atoms with Gasteiger partial charge in [-0.05, 0) is 48.4 Å². The molecule has 1 aromatic rings. The maximum Gasteiger partial charge on any atom is 0.124 e. The van der Waals surface area contributed by atoms with Crippen molar-refractivity contribution in [2.45, 2.75) is 39.7 Å². The van der Waals surface area contributed by atoms with Gasteiger partial charge < -0.3 is 5.11 Å². The first-order valence-corrected chi connectivity index (χ1v) is 6.80. The predicted octanol–water partition coefficient (Wildman–Crippen LogP) is 4.17. The van der Waals surface area contributed by atoms with Gasteiger partial charge in [0.2, 0.25) is 0 Å². The van der Waals surface area contributed by atoms with Gasteiger partial charge in [0.1, 0.15) is 5.82 Å². The summed E-state index contributed by atoms with van der Waals surface area (Å²) < 4.78 is 13.9.